The first-order chi connectivity index (χ1) is 5.20. The molecule has 0 fully saturated rings. The molecule has 0 aliphatic rings. The molecule has 0 unspecified atom stereocenters. The van der Waals surface area contributed by atoms with E-state index in [2.05, 4.69) is 4.74 Å². The van der Waals surface area contributed by atoms with Gasteiger partial charge in [0.1, 0.15) is 6.21 Å². The molecular formula is C7H13N2O2+. The zero-order chi connectivity index (χ0) is 8.69. The van der Waals surface area contributed by atoms with Crippen LogP contribution in [0.1, 0.15) is 13.8 Å². The van der Waals surface area contributed by atoms with Crippen LogP contribution in [0.5, 0.6) is 0 Å². The van der Waals surface area contributed by atoms with Crippen LogP contribution >= 0.6 is 0 Å². The van der Waals surface area contributed by atoms with Gasteiger partial charge in [0.15, 0.2) is 6.20 Å². The van der Waals surface area contributed by atoms with Crippen LogP contribution in [0.3, 0.4) is 0 Å². The van der Waals surface area contributed by atoms with Crippen molar-refractivity contribution in [3.05, 3.63) is 12.3 Å². The topological polar surface area (TPSA) is 55.3 Å². The van der Waals surface area contributed by atoms with E-state index in [9.17, 15) is 4.79 Å². The molecule has 62 valence electrons. The van der Waals surface area contributed by atoms with Crippen molar-refractivity contribution in [2.24, 2.45) is 5.73 Å². The Balaban J connectivity index is 3.81. The van der Waals surface area contributed by atoms with Gasteiger partial charge in [-0.25, -0.2) is 4.79 Å². The third-order valence-electron chi connectivity index (χ3n) is 1.03. The molecule has 0 spiro atoms. The molecule has 0 heterocycles. The summed E-state index contributed by atoms with van der Waals surface area (Å²) in [6.45, 7) is 3.88. The molecule has 0 radical (unpaired) electrons. The van der Waals surface area contributed by atoms with Gasteiger partial charge in [-0.3, -0.25) is 0 Å². The number of hydrogen-bond acceptors (Lipinski definition) is 2. The Hall–Kier alpha value is -1.32. The minimum atomic E-state index is -0.763. The lowest BCUT2D eigenvalue weighted by atomic mass is 10.6. The lowest BCUT2D eigenvalue weighted by Gasteiger charge is -1.95. The standard InChI is InChI=1S/C7H12N2O2/c1-3-5-9(4-2)6-11-7(8)10/h3-5H,6H2,1-2H3,(H-,8,10)/p+1/b5-3-,9-4+. The van der Waals surface area contributed by atoms with Crippen molar-refractivity contribution < 1.29 is 14.1 Å². The minimum absolute atomic E-state index is 0.163. The third kappa shape index (κ3) is 5.14. The van der Waals surface area contributed by atoms with Gasteiger partial charge >= 0.3 is 6.09 Å². The highest BCUT2D eigenvalue weighted by Crippen LogP contribution is 1.80. The minimum Gasteiger partial charge on any atom is -0.389 e. The normalized spacial score (nSPS) is 12.0. The van der Waals surface area contributed by atoms with E-state index in [1.807, 2.05) is 19.9 Å². The number of ether oxygens (including phenoxy) is 1. The molecule has 4 heteroatoms. The number of nitrogens with zero attached hydrogens (tertiary/aromatic N) is 1. The summed E-state index contributed by atoms with van der Waals surface area (Å²) in [4.78, 5) is 10.2. The zero-order valence-corrected chi connectivity index (χ0v) is 6.78. The zero-order valence-electron chi connectivity index (χ0n) is 6.78. The van der Waals surface area contributed by atoms with Crippen LogP contribution in [-0.2, 0) is 4.74 Å². The molecular weight excluding hydrogens is 144 g/mol. The Morgan fingerprint density at radius 2 is 2.27 bits per heavy atom. The van der Waals surface area contributed by atoms with Gasteiger partial charge in [-0.1, -0.05) is 0 Å². The summed E-state index contributed by atoms with van der Waals surface area (Å²) in [5, 5.41) is 0. The highest BCUT2D eigenvalue weighted by Gasteiger charge is 1.99. The van der Waals surface area contributed by atoms with Gasteiger partial charge in [0.25, 0.3) is 6.73 Å². The molecule has 0 rings (SSSR count). The summed E-state index contributed by atoms with van der Waals surface area (Å²) in [5.74, 6) is 0. The molecule has 11 heavy (non-hydrogen) atoms. The van der Waals surface area contributed by atoms with E-state index in [0.29, 0.717) is 0 Å². The summed E-state index contributed by atoms with van der Waals surface area (Å²) in [6.07, 6.45) is 4.64. The van der Waals surface area contributed by atoms with Gasteiger partial charge in [-0.15, -0.1) is 0 Å². The van der Waals surface area contributed by atoms with E-state index < -0.39 is 6.09 Å². The number of primary amides is 1. The fourth-order valence-corrected chi connectivity index (χ4v) is 0.533. The second kappa shape index (κ2) is 5.46. The molecule has 0 saturated carbocycles. The molecule has 0 aromatic rings. The Morgan fingerprint density at radius 3 is 2.64 bits per heavy atom. The quantitative estimate of drug-likeness (QED) is 0.372. The molecule has 4 nitrogen and oxygen atoms in total. The molecule has 2 N–H and O–H groups in total. The summed E-state index contributed by atoms with van der Waals surface area (Å²) < 4.78 is 6.23. The maximum Gasteiger partial charge on any atom is 0.409 e. The van der Waals surface area contributed by atoms with Crippen molar-refractivity contribution in [1.29, 1.82) is 0 Å². The molecule has 0 aliphatic heterocycles. The SMILES string of the molecule is C/C=C\[N+](=C/C)COC(N)=O. The van der Waals surface area contributed by atoms with Gasteiger partial charge < -0.3 is 10.5 Å². The average molecular weight is 157 g/mol. The van der Waals surface area contributed by atoms with E-state index in [1.165, 1.54) is 0 Å². The van der Waals surface area contributed by atoms with E-state index in [4.69, 9.17) is 5.73 Å². The fraction of sp³-hybridized carbons (Fsp3) is 0.429. The smallest absolute Gasteiger partial charge is 0.389 e. The van der Waals surface area contributed by atoms with Crippen molar-refractivity contribution in [2.45, 2.75) is 13.8 Å². The molecule has 0 aromatic carbocycles. The molecule has 0 aromatic heterocycles. The second-order valence-electron chi connectivity index (χ2n) is 1.85. The summed E-state index contributed by atoms with van der Waals surface area (Å²) in [5.41, 5.74) is 4.77. The first kappa shape index (κ1) is 9.68. The fourth-order valence-electron chi connectivity index (χ4n) is 0.533. The highest BCUT2D eigenvalue weighted by atomic mass is 16.6. The van der Waals surface area contributed by atoms with Crippen molar-refractivity contribution >= 4 is 12.3 Å². The molecule has 1 amide bonds. The molecule has 0 atom stereocenters. The number of hydrogen-bond donors (Lipinski definition) is 1. The first-order valence-corrected chi connectivity index (χ1v) is 3.31. The van der Waals surface area contributed by atoms with Crippen LogP contribution in [-0.4, -0.2) is 23.6 Å². The van der Waals surface area contributed by atoms with E-state index in [-0.39, 0.29) is 6.73 Å². The van der Waals surface area contributed by atoms with Crippen LogP contribution < -0.4 is 5.73 Å². The van der Waals surface area contributed by atoms with Crippen LogP contribution in [0.2, 0.25) is 0 Å². The van der Waals surface area contributed by atoms with Crippen LogP contribution in [0.4, 0.5) is 4.79 Å². The predicted octanol–water partition coefficient (Wildman–Crippen LogP) is 0.676. The van der Waals surface area contributed by atoms with Gasteiger partial charge in [0.05, 0.1) is 0 Å². The van der Waals surface area contributed by atoms with Gasteiger partial charge in [-0.2, -0.15) is 4.58 Å². The predicted molar refractivity (Wildman–Crippen MR) is 42.3 cm³/mol. The number of rotatable bonds is 3. The van der Waals surface area contributed by atoms with Gasteiger partial charge in [0, 0.05) is 6.92 Å². The molecule has 0 bridgehead atoms. The van der Waals surface area contributed by atoms with E-state index in [1.54, 1.807) is 17.0 Å². The highest BCUT2D eigenvalue weighted by molar-refractivity contribution is 5.64. The van der Waals surface area contributed by atoms with Crippen molar-refractivity contribution in [2.75, 3.05) is 6.73 Å². The Labute approximate surface area is 66.0 Å². The second-order valence-corrected chi connectivity index (χ2v) is 1.85. The van der Waals surface area contributed by atoms with Crippen LogP contribution in [0, 0.1) is 0 Å². The number of nitrogens with two attached hydrogens (primary N) is 1. The Morgan fingerprint density at radius 1 is 1.64 bits per heavy atom. The molecule has 0 aliphatic carbocycles. The maximum atomic E-state index is 10.2. The van der Waals surface area contributed by atoms with Crippen LogP contribution in [0.25, 0.3) is 0 Å². The van der Waals surface area contributed by atoms with E-state index >= 15 is 0 Å². The molecule has 0 saturated heterocycles. The van der Waals surface area contributed by atoms with Gasteiger partial charge in [0.2, 0.25) is 0 Å². The lowest BCUT2D eigenvalue weighted by Crippen LogP contribution is -2.19. The number of carbonyl (C=O) groups excluding carboxylic acids is 1. The van der Waals surface area contributed by atoms with Crippen molar-refractivity contribution in [3.8, 4) is 0 Å². The summed E-state index contributed by atoms with van der Waals surface area (Å²) in [7, 11) is 0. The summed E-state index contributed by atoms with van der Waals surface area (Å²) >= 11 is 0. The van der Waals surface area contributed by atoms with Gasteiger partial charge in [-0.05, 0) is 13.0 Å². The third-order valence-corrected chi connectivity index (χ3v) is 1.03. The largest absolute Gasteiger partial charge is 0.409 e. The first-order valence-electron chi connectivity index (χ1n) is 3.31. The lowest BCUT2D eigenvalue weighted by molar-refractivity contribution is -0.492. The number of allylic oxidation sites excluding steroid dienone is 1. The Kier molecular flexibility index (Phi) is 4.81. The van der Waals surface area contributed by atoms with Crippen molar-refractivity contribution in [1.82, 2.24) is 0 Å². The monoisotopic (exact) mass is 157 g/mol. The summed E-state index contributed by atoms with van der Waals surface area (Å²) in [6, 6.07) is 0. The maximum absolute atomic E-state index is 10.2. The number of amides is 1. The average Bonchev–Trinajstić information content (AvgIpc) is 1.97. The number of carbonyl (C=O) groups is 1. The van der Waals surface area contributed by atoms with Crippen LogP contribution in [0.15, 0.2) is 12.3 Å². The Bertz CT molecular complexity index is 185. The van der Waals surface area contributed by atoms with Crippen molar-refractivity contribution in [3.63, 3.8) is 0 Å². The van der Waals surface area contributed by atoms with E-state index in [0.717, 1.165) is 0 Å².